The first-order valence-electron chi connectivity index (χ1n) is 6.48. The fourth-order valence-electron chi connectivity index (χ4n) is 1.49. The summed E-state index contributed by atoms with van der Waals surface area (Å²) in [4.78, 5) is 0. The lowest BCUT2D eigenvalue weighted by molar-refractivity contribution is -0.0201. The molecule has 0 aromatic rings. The molecule has 0 heterocycles. The molecule has 5 nitrogen and oxygen atoms in total. The Kier molecular flexibility index (Phi) is 10.6. The van der Waals surface area contributed by atoms with Gasteiger partial charge in [-0.25, -0.2) is 0 Å². The third-order valence-electron chi connectivity index (χ3n) is 2.14. The van der Waals surface area contributed by atoms with E-state index in [1.54, 1.807) is 0 Å². The first-order chi connectivity index (χ1) is 8.45. The summed E-state index contributed by atoms with van der Waals surface area (Å²) in [6, 6.07) is 0. The van der Waals surface area contributed by atoms with Crippen molar-refractivity contribution in [2.24, 2.45) is 5.41 Å². The SMILES string of the molecule is CC(C)(C)CC(O)COCCOCCOCCO. The van der Waals surface area contributed by atoms with Gasteiger partial charge in [0.25, 0.3) is 0 Å². The lowest BCUT2D eigenvalue weighted by Crippen LogP contribution is -2.23. The van der Waals surface area contributed by atoms with Gasteiger partial charge in [0, 0.05) is 0 Å². The summed E-state index contributed by atoms with van der Waals surface area (Å²) in [5.41, 5.74) is 0.114. The van der Waals surface area contributed by atoms with Crippen LogP contribution in [0.5, 0.6) is 0 Å². The molecule has 0 saturated heterocycles. The molecule has 1 atom stereocenters. The minimum Gasteiger partial charge on any atom is -0.394 e. The Morgan fingerprint density at radius 2 is 1.39 bits per heavy atom. The molecule has 0 spiro atoms. The van der Waals surface area contributed by atoms with Gasteiger partial charge >= 0.3 is 0 Å². The van der Waals surface area contributed by atoms with Crippen LogP contribution in [0.15, 0.2) is 0 Å². The number of hydrogen-bond acceptors (Lipinski definition) is 5. The average molecular weight is 264 g/mol. The van der Waals surface area contributed by atoms with E-state index >= 15 is 0 Å². The van der Waals surface area contributed by atoms with Gasteiger partial charge in [0.15, 0.2) is 0 Å². The van der Waals surface area contributed by atoms with E-state index in [9.17, 15) is 5.11 Å². The molecule has 0 aromatic heterocycles. The van der Waals surface area contributed by atoms with Crippen molar-refractivity contribution in [1.29, 1.82) is 0 Å². The van der Waals surface area contributed by atoms with Gasteiger partial charge in [-0.1, -0.05) is 20.8 Å². The highest BCUT2D eigenvalue weighted by Crippen LogP contribution is 2.20. The van der Waals surface area contributed by atoms with Gasteiger partial charge in [-0.2, -0.15) is 0 Å². The molecule has 5 heteroatoms. The Morgan fingerprint density at radius 3 is 1.89 bits per heavy atom. The molecule has 110 valence electrons. The minimum atomic E-state index is -0.419. The van der Waals surface area contributed by atoms with Crippen LogP contribution in [0.2, 0.25) is 0 Å². The quantitative estimate of drug-likeness (QED) is 0.541. The molecule has 0 aliphatic carbocycles. The summed E-state index contributed by atoms with van der Waals surface area (Å²) in [5.74, 6) is 0. The van der Waals surface area contributed by atoms with E-state index in [1.165, 1.54) is 0 Å². The van der Waals surface area contributed by atoms with E-state index in [0.717, 1.165) is 6.42 Å². The number of aliphatic hydroxyl groups excluding tert-OH is 2. The van der Waals surface area contributed by atoms with E-state index in [0.29, 0.717) is 39.6 Å². The van der Waals surface area contributed by atoms with Crippen LogP contribution in [0.25, 0.3) is 0 Å². The fourth-order valence-corrected chi connectivity index (χ4v) is 1.49. The zero-order chi connectivity index (χ0) is 13.9. The van der Waals surface area contributed by atoms with Crippen molar-refractivity contribution in [2.75, 3.05) is 46.2 Å². The lowest BCUT2D eigenvalue weighted by Gasteiger charge is -2.22. The molecule has 0 bridgehead atoms. The smallest absolute Gasteiger partial charge is 0.0778 e. The Hall–Kier alpha value is -0.200. The maximum absolute atomic E-state index is 9.68. The Morgan fingerprint density at radius 1 is 0.889 bits per heavy atom. The van der Waals surface area contributed by atoms with Gasteiger partial charge in [0.1, 0.15) is 0 Å². The molecule has 0 amide bonds. The zero-order valence-electron chi connectivity index (χ0n) is 11.9. The summed E-state index contributed by atoms with van der Waals surface area (Å²) in [7, 11) is 0. The van der Waals surface area contributed by atoms with Crippen LogP contribution in [0.3, 0.4) is 0 Å². The second-order valence-electron chi connectivity index (χ2n) is 5.44. The Bertz CT molecular complexity index is 179. The molecule has 0 aliphatic heterocycles. The number of rotatable bonds is 11. The van der Waals surface area contributed by atoms with Crippen molar-refractivity contribution in [2.45, 2.75) is 33.3 Å². The number of aliphatic hydroxyl groups is 2. The van der Waals surface area contributed by atoms with Crippen LogP contribution in [0.4, 0.5) is 0 Å². The molecule has 0 saturated carbocycles. The normalized spacial score (nSPS) is 13.8. The third kappa shape index (κ3) is 13.9. The molecule has 0 aromatic carbocycles. The summed E-state index contributed by atoms with van der Waals surface area (Å²) in [6.45, 7) is 8.94. The van der Waals surface area contributed by atoms with Crippen molar-refractivity contribution in [3.8, 4) is 0 Å². The maximum atomic E-state index is 9.68. The van der Waals surface area contributed by atoms with E-state index in [1.807, 2.05) is 0 Å². The largest absolute Gasteiger partial charge is 0.394 e. The monoisotopic (exact) mass is 264 g/mol. The minimum absolute atomic E-state index is 0.0365. The lowest BCUT2D eigenvalue weighted by atomic mass is 9.89. The van der Waals surface area contributed by atoms with Crippen LogP contribution in [0, 0.1) is 5.41 Å². The van der Waals surface area contributed by atoms with Gasteiger partial charge in [-0.3, -0.25) is 0 Å². The van der Waals surface area contributed by atoms with Crippen molar-refractivity contribution < 1.29 is 24.4 Å². The predicted octanol–water partition coefficient (Wildman–Crippen LogP) is 0.826. The Labute approximate surface area is 110 Å². The van der Waals surface area contributed by atoms with E-state index in [2.05, 4.69) is 20.8 Å². The zero-order valence-corrected chi connectivity index (χ0v) is 11.9. The summed E-state index contributed by atoms with van der Waals surface area (Å²) in [6.07, 6.45) is 0.306. The van der Waals surface area contributed by atoms with Crippen molar-refractivity contribution in [3.05, 3.63) is 0 Å². The van der Waals surface area contributed by atoms with Crippen LogP contribution < -0.4 is 0 Å². The molecule has 2 N–H and O–H groups in total. The molecule has 18 heavy (non-hydrogen) atoms. The van der Waals surface area contributed by atoms with E-state index in [4.69, 9.17) is 19.3 Å². The van der Waals surface area contributed by atoms with Crippen LogP contribution in [0.1, 0.15) is 27.2 Å². The average Bonchev–Trinajstić information content (AvgIpc) is 2.24. The predicted molar refractivity (Wildman–Crippen MR) is 69.6 cm³/mol. The second-order valence-corrected chi connectivity index (χ2v) is 5.44. The van der Waals surface area contributed by atoms with Crippen LogP contribution >= 0.6 is 0 Å². The molecular weight excluding hydrogens is 236 g/mol. The van der Waals surface area contributed by atoms with Gasteiger partial charge in [0.05, 0.1) is 52.4 Å². The highest BCUT2D eigenvalue weighted by molar-refractivity contribution is 4.67. The van der Waals surface area contributed by atoms with Crippen LogP contribution in [-0.4, -0.2) is 62.6 Å². The first-order valence-corrected chi connectivity index (χ1v) is 6.48. The number of ether oxygens (including phenoxy) is 3. The van der Waals surface area contributed by atoms with Crippen molar-refractivity contribution >= 4 is 0 Å². The van der Waals surface area contributed by atoms with E-state index in [-0.39, 0.29) is 12.0 Å². The van der Waals surface area contributed by atoms with Crippen LogP contribution in [-0.2, 0) is 14.2 Å². The van der Waals surface area contributed by atoms with E-state index < -0.39 is 6.10 Å². The Balaban J connectivity index is 3.20. The summed E-state index contributed by atoms with van der Waals surface area (Å²) in [5, 5.41) is 18.1. The van der Waals surface area contributed by atoms with Gasteiger partial charge < -0.3 is 24.4 Å². The van der Waals surface area contributed by atoms with Crippen molar-refractivity contribution in [3.63, 3.8) is 0 Å². The highest BCUT2D eigenvalue weighted by Gasteiger charge is 2.16. The van der Waals surface area contributed by atoms with Gasteiger partial charge in [-0.05, 0) is 11.8 Å². The van der Waals surface area contributed by atoms with Gasteiger partial charge in [0.2, 0.25) is 0 Å². The first kappa shape index (κ1) is 17.8. The molecule has 0 radical (unpaired) electrons. The topological polar surface area (TPSA) is 68.2 Å². The molecular formula is C13H28O5. The van der Waals surface area contributed by atoms with Gasteiger partial charge in [-0.15, -0.1) is 0 Å². The second kappa shape index (κ2) is 10.7. The summed E-state index contributed by atoms with van der Waals surface area (Å²) < 4.78 is 15.6. The number of hydrogen-bond donors (Lipinski definition) is 2. The highest BCUT2D eigenvalue weighted by atomic mass is 16.5. The molecule has 1 unspecified atom stereocenters. The summed E-state index contributed by atoms with van der Waals surface area (Å²) >= 11 is 0. The maximum Gasteiger partial charge on any atom is 0.0778 e. The fraction of sp³-hybridized carbons (Fsp3) is 1.00. The van der Waals surface area contributed by atoms with Crippen molar-refractivity contribution in [1.82, 2.24) is 0 Å². The molecule has 0 aliphatic rings. The standard InChI is InChI=1S/C13H28O5/c1-13(2,3)10-12(15)11-18-9-8-17-7-6-16-5-4-14/h12,14-15H,4-11H2,1-3H3. The third-order valence-corrected chi connectivity index (χ3v) is 2.14. The molecule has 0 rings (SSSR count). The molecule has 0 fully saturated rings.